The van der Waals surface area contributed by atoms with Crippen LogP contribution in [0.4, 0.5) is 14.5 Å². The number of carbonyl (C=O) groups excluding carboxylic acids is 1. The number of halogens is 3. The maximum Gasteiger partial charge on any atom is 0.265 e. The van der Waals surface area contributed by atoms with E-state index in [1.54, 1.807) is 6.07 Å². The fourth-order valence-electron chi connectivity index (χ4n) is 2.16. The summed E-state index contributed by atoms with van der Waals surface area (Å²) in [4.78, 5) is 12.1. The van der Waals surface area contributed by atoms with E-state index in [2.05, 4.69) is 21.2 Å². The molecule has 1 amide bonds. The van der Waals surface area contributed by atoms with Gasteiger partial charge in [-0.15, -0.1) is 0 Å². The third-order valence-electron chi connectivity index (χ3n) is 3.21. The molecule has 1 unspecified atom stereocenters. The number of ether oxygens (including phenoxy) is 1. The first-order chi connectivity index (χ1) is 10.0. The lowest BCUT2D eigenvalue weighted by Gasteiger charge is -2.12. The van der Waals surface area contributed by atoms with Gasteiger partial charge in [0, 0.05) is 12.5 Å². The van der Waals surface area contributed by atoms with E-state index in [-0.39, 0.29) is 10.2 Å². The molecule has 0 saturated carbocycles. The fourth-order valence-corrected chi connectivity index (χ4v) is 2.48. The van der Waals surface area contributed by atoms with Gasteiger partial charge in [0.25, 0.3) is 5.91 Å². The zero-order valence-corrected chi connectivity index (χ0v) is 12.3. The van der Waals surface area contributed by atoms with Crippen molar-refractivity contribution in [3.63, 3.8) is 0 Å². The minimum Gasteiger partial charge on any atom is -0.480 e. The van der Waals surface area contributed by atoms with E-state index < -0.39 is 23.6 Å². The van der Waals surface area contributed by atoms with Gasteiger partial charge < -0.3 is 10.1 Å². The molecule has 1 aliphatic rings. The van der Waals surface area contributed by atoms with Crippen molar-refractivity contribution in [2.45, 2.75) is 12.5 Å². The lowest BCUT2D eigenvalue weighted by molar-refractivity contribution is -0.122. The highest BCUT2D eigenvalue weighted by Gasteiger charge is 2.29. The van der Waals surface area contributed by atoms with Crippen LogP contribution < -0.4 is 10.1 Å². The molecule has 2 aromatic rings. The van der Waals surface area contributed by atoms with Crippen LogP contribution in [0.3, 0.4) is 0 Å². The second-order valence-corrected chi connectivity index (χ2v) is 5.51. The quantitative estimate of drug-likeness (QED) is 0.836. The molecular formula is C15H10BrF2NO2. The molecule has 0 saturated heterocycles. The number of benzene rings is 2. The van der Waals surface area contributed by atoms with Crippen molar-refractivity contribution in [2.24, 2.45) is 0 Å². The highest BCUT2D eigenvalue weighted by atomic mass is 79.9. The summed E-state index contributed by atoms with van der Waals surface area (Å²) in [6, 6.07) is 9.19. The zero-order valence-electron chi connectivity index (χ0n) is 10.7. The summed E-state index contributed by atoms with van der Waals surface area (Å²) in [6.45, 7) is 0. The van der Waals surface area contributed by atoms with Gasteiger partial charge in [-0.2, -0.15) is 0 Å². The van der Waals surface area contributed by atoms with Crippen LogP contribution in [0.25, 0.3) is 0 Å². The van der Waals surface area contributed by atoms with Gasteiger partial charge in [0.1, 0.15) is 17.4 Å². The number of carbonyl (C=O) groups is 1. The predicted molar refractivity (Wildman–Crippen MR) is 77.2 cm³/mol. The molecule has 1 aliphatic heterocycles. The van der Waals surface area contributed by atoms with E-state index in [0.29, 0.717) is 12.2 Å². The molecule has 0 radical (unpaired) electrons. The number of para-hydroxylation sites is 1. The molecule has 0 aliphatic carbocycles. The third-order valence-corrected chi connectivity index (χ3v) is 3.82. The predicted octanol–water partition coefficient (Wildman–Crippen LogP) is 3.67. The summed E-state index contributed by atoms with van der Waals surface area (Å²) in [7, 11) is 0. The Balaban J connectivity index is 1.75. The molecule has 3 nitrogen and oxygen atoms in total. The van der Waals surface area contributed by atoms with Crippen molar-refractivity contribution in [1.29, 1.82) is 0 Å². The van der Waals surface area contributed by atoms with Crippen molar-refractivity contribution in [1.82, 2.24) is 0 Å². The minimum absolute atomic E-state index is 0.00233. The standard InChI is InChI=1S/C15H10BrF2NO2/c16-9-6-11(18)12(7-10(9)17)19-15(20)14-5-8-3-1-2-4-13(8)21-14/h1-4,6-7,14H,5H2,(H,19,20). The third kappa shape index (κ3) is 2.76. The van der Waals surface area contributed by atoms with Crippen LogP contribution in [0.15, 0.2) is 40.9 Å². The minimum atomic E-state index is -0.742. The zero-order chi connectivity index (χ0) is 15.0. The van der Waals surface area contributed by atoms with Crippen LogP contribution in [0.2, 0.25) is 0 Å². The summed E-state index contributed by atoms with van der Waals surface area (Å²) < 4.78 is 32.6. The molecule has 1 heterocycles. The van der Waals surface area contributed by atoms with Crippen LogP contribution in [-0.4, -0.2) is 12.0 Å². The number of amides is 1. The van der Waals surface area contributed by atoms with Gasteiger partial charge in [-0.3, -0.25) is 4.79 Å². The highest BCUT2D eigenvalue weighted by molar-refractivity contribution is 9.10. The van der Waals surface area contributed by atoms with E-state index in [9.17, 15) is 13.6 Å². The van der Waals surface area contributed by atoms with E-state index in [0.717, 1.165) is 17.7 Å². The first-order valence-corrected chi connectivity index (χ1v) is 7.04. The Morgan fingerprint density at radius 1 is 1.24 bits per heavy atom. The van der Waals surface area contributed by atoms with E-state index >= 15 is 0 Å². The van der Waals surface area contributed by atoms with Crippen LogP contribution in [0.5, 0.6) is 5.75 Å². The molecule has 0 aromatic heterocycles. The van der Waals surface area contributed by atoms with Crippen molar-refractivity contribution >= 4 is 27.5 Å². The first kappa shape index (κ1) is 14.0. The Hall–Kier alpha value is -1.95. The van der Waals surface area contributed by atoms with Crippen molar-refractivity contribution in [3.8, 4) is 5.75 Å². The van der Waals surface area contributed by atoms with Gasteiger partial charge in [0.05, 0.1) is 10.2 Å². The molecule has 1 N–H and O–H groups in total. The van der Waals surface area contributed by atoms with Crippen molar-refractivity contribution in [3.05, 3.63) is 58.1 Å². The number of fused-ring (bicyclic) bond motifs is 1. The molecule has 0 fully saturated rings. The molecule has 2 aromatic carbocycles. The Bertz CT molecular complexity index is 696. The van der Waals surface area contributed by atoms with Gasteiger partial charge in [-0.25, -0.2) is 8.78 Å². The average Bonchev–Trinajstić information content (AvgIpc) is 2.88. The van der Waals surface area contributed by atoms with Crippen molar-refractivity contribution in [2.75, 3.05) is 5.32 Å². The number of nitrogens with one attached hydrogen (secondary N) is 1. The Morgan fingerprint density at radius 3 is 2.76 bits per heavy atom. The van der Waals surface area contributed by atoms with Crippen LogP contribution in [0.1, 0.15) is 5.56 Å². The number of hydrogen-bond acceptors (Lipinski definition) is 2. The van der Waals surface area contributed by atoms with E-state index in [4.69, 9.17) is 4.74 Å². The molecule has 1 atom stereocenters. The van der Waals surface area contributed by atoms with Gasteiger partial charge in [0.2, 0.25) is 0 Å². The average molecular weight is 354 g/mol. The fraction of sp³-hybridized carbons (Fsp3) is 0.133. The second-order valence-electron chi connectivity index (χ2n) is 4.65. The molecular weight excluding hydrogens is 344 g/mol. The van der Waals surface area contributed by atoms with Gasteiger partial charge >= 0.3 is 0 Å². The van der Waals surface area contributed by atoms with Crippen LogP contribution >= 0.6 is 15.9 Å². The SMILES string of the molecule is O=C(Nc1cc(F)c(Br)cc1F)C1Cc2ccccc2O1. The smallest absolute Gasteiger partial charge is 0.265 e. The molecule has 21 heavy (non-hydrogen) atoms. The highest BCUT2D eigenvalue weighted by Crippen LogP contribution is 2.29. The first-order valence-electron chi connectivity index (χ1n) is 6.24. The number of rotatable bonds is 2. The Labute approximate surface area is 128 Å². The second kappa shape index (κ2) is 5.44. The van der Waals surface area contributed by atoms with Crippen LogP contribution in [0, 0.1) is 11.6 Å². The topological polar surface area (TPSA) is 38.3 Å². The summed E-state index contributed by atoms with van der Waals surface area (Å²) in [5.74, 6) is -1.23. The lowest BCUT2D eigenvalue weighted by atomic mass is 10.1. The molecule has 0 bridgehead atoms. The Kier molecular flexibility index (Phi) is 3.63. The van der Waals surface area contributed by atoms with E-state index in [1.165, 1.54) is 0 Å². The molecule has 0 spiro atoms. The summed E-state index contributed by atoms with van der Waals surface area (Å²) >= 11 is 2.88. The summed E-state index contributed by atoms with van der Waals surface area (Å²) in [5.41, 5.74) is 0.709. The van der Waals surface area contributed by atoms with Gasteiger partial charge in [-0.1, -0.05) is 18.2 Å². The summed E-state index contributed by atoms with van der Waals surface area (Å²) in [6.07, 6.45) is -0.337. The van der Waals surface area contributed by atoms with Gasteiger partial charge in [-0.05, 0) is 33.6 Å². The Morgan fingerprint density at radius 2 is 2.00 bits per heavy atom. The molecule has 6 heteroatoms. The van der Waals surface area contributed by atoms with Crippen molar-refractivity contribution < 1.29 is 18.3 Å². The lowest BCUT2D eigenvalue weighted by Crippen LogP contribution is -2.31. The maximum absolute atomic E-state index is 13.7. The molecule has 3 rings (SSSR count). The maximum atomic E-state index is 13.7. The number of hydrogen-bond donors (Lipinski definition) is 1. The van der Waals surface area contributed by atoms with Gasteiger partial charge in [0.15, 0.2) is 6.10 Å². The monoisotopic (exact) mass is 353 g/mol. The van der Waals surface area contributed by atoms with E-state index in [1.807, 2.05) is 18.2 Å². The van der Waals surface area contributed by atoms with Crippen LogP contribution in [-0.2, 0) is 11.2 Å². The normalized spacial score (nSPS) is 16.2. The largest absolute Gasteiger partial charge is 0.480 e. The summed E-state index contributed by atoms with van der Waals surface area (Å²) in [5, 5.41) is 2.36. The number of anilines is 1. The molecule has 108 valence electrons.